The van der Waals surface area contributed by atoms with Gasteiger partial charge in [-0.15, -0.1) is 0 Å². The molecule has 0 spiro atoms. The molecule has 0 aliphatic carbocycles. The normalized spacial score (nSPS) is 45.0. The van der Waals surface area contributed by atoms with Crippen molar-refractivity contribution in [2.24, 2.45) is 0 Å². The van der Waals surface area contributed by atoms with E-state index in [-0.39, 0.29) is 13.1 Å². The first kappa shape index (κ1) is 6.89. The van der Waals surface area contributed by atoms with E-state index in [9.17, 15) is 8.78 Å². The largest absolute Gasteiger partial charge is 0.387 e. The first-order valence-corrected chi connectivity index (χ1v) is 2.88. The van der Waals surface area contributed by atoms with Gasteiger partial charge in [-0.25, -0.2) is 8.78 Å². The first-order chi connectivity index (χ1) is 4.22. The molecule has 1 saturated heterocycles. The summed E-state index contributed by atoms with van der Waals surface area (Å²) in [7, 11) is 0. The van der Waals surface area contributed by atoms with Crippen LogP contribution in [0, 0.1) is 0 Å². The lowest BCUT2D eigenvalue weighted by Crippen LogP contribution is -2.49. The number of nitrogens with one attached hydrogen (secondary N) is 1. The third-order valence-corrected chi connectivity index (χ3v) is 1.42. The Morgan fingerprint density at radius 1 is 1.22 bits per heavy atom. The van der Waals surface area contributed by atoms with Crippen molar-refractivity contribution in [3.63, 3.8) is 0 Å². The highest BCUT2D eigenvalue weighted by molar-refractivity contribution is 4.84. The zero-order chi connectivity index (χ0) is 6.85. The van der Waals surface area contributed by atoms with Crippen molar-refractivity contribution in [3.05, 3.63) is 0 Å². The minimum atomic E-state index is -1.45. The van der Waals surface area contributed by atoms with Crippen LogP contribution >= 0.6 is 0 Å². The van der Waals surface area contributed by atoms with Gasteiger partial charge in [-0.1, -0.05) is 0 Å². The molecular formula is C5H9F2NO. The van der Waals surface area contributed by atoms with E-state index >= 15 is 0 Å². The second kappa shape index (κ2) is 2.58. The molecule has 1 aliphatic rings. The van der Waals surface area contributed by atoms with Crippen LogP contribution < -0.4 is 5.32 Å². The molecular weight excluding hydrogens is 128 g/mol. The number of aliphatic hydroxyl groups excluding tert-OH is 1. The number of hydrogen-bond donors (Lipinski definition) is 2. The molecule has 2 N–H and O–H groups in total. The highest BCUT2D eigenvalue weighted by atomic mass is 19.1. The molecule has 0 aromatic heterocycles. The lowest BCUT2D eigenvalue weighted by molar-refractivity contribution is -0.00730. The van der Waals surface area contributed by atoms with Gasteiger partial charge in [0.1, 0.15) is 18.4 Å². The Kier molecular flexibility index (Phi) is 1.97. The molecule has 0 bridgehead atoms. The molecule has 3 atom stereocenters. The fraction of sp³-hybridized carbons (Fsp3) is 1.00. The molecule has 2 nitrogen and oxygen atoms in total. The molecule has 0 saturated carbocycles. The van der Waals surface area contributed by atoms with Crippen molar-refractivity contribution >= 4 is 0 Å². The van der Waals surface area contributed by atoms with E-state index in [2.05, 4.69) is 5.32 Å². The first-order valence-electron chi connectivity index (χ1n) is 2.88. The predicted molar refractivity (Wildman–Crippen MR) is 28.7 cm³/mol. The zero-order valence-corrected chi connectivity index (χ0v) is 4.85. The maximum atomic E-state index is 12.3. The second-order valence-corrected chi connectivity index (χ2v) is 2.18. The molecule has 1 rings (SSSR count). The summed E-state index contributed by atoms with van der Waals surface area (Å²) in [5, 5.41) is 11.2. The van der Waals surface area contributed by atoms with Gasteiger partial charge in [0, 0.05) is 13.1 Å². The molecule has 1 unspecified atom stereocenters. The van der Waals surface area contributed by atoms with Crippen LogP contribution in [0.3, 0.4) is 0 Å². The molecule has 1 fully saturated rings. The molecule has 0 aromatic carbocycles. The van der Waals surface area contributed by atoms with Gasteiger partial charge in [-0.2, -0.15) is 0 Å². The maximum Gasteiger partial charge on any atom is 0.141 e. The van der Waals surface area contributed by atoms with Gasteiger partial charge < -0.3 is 10.4 Å². The monoisotopic (exact) mass is 137 g/mol. The third-order valence-electron chi connectivity index (χ3n) is 1.42. The zero-order valence-electron chi connectivity index (χ0n) is 4.85. The van der Waals surface area contributed by atoms with E-state index in [0.717, 1.165) is 0 Å². The fourth-order valence-corrected chi connectivity index (χ4v) is 0.827. The standard InChI is InChI=1S/C5H9F2NO/c6-3-1-8-2-4(7)5(3)9/h3-5,8-9H,1-2H2/t3-,4+,5?. The Balaban J connectivity index is 2.41. The summed E-state index contributed by atoms with van der Waals surface area (Å²) in [5.74, 6) is 0. The second-order valence-electron chi connectivity index (χ2n) is 2.18. The number of aliphatic hydroxyl groups is 1. The third kappa shape index (κ3) is 1.37. The minimum absolute atomic E-state index is 0.0571. The summed E-state index contributed by atoms with van der Waals surface area (Å²) in [6, 6.07) is 0. The molecule has 1 heterocycles. The van der Waals surface area contributed by atoms with E-state index in [1.807, 2.05) is 0 Å². The molecule has 0 radical (unpaired) electrons. The highest BCUT2D eigenvalue weighted by Gasteiger charge is 2.31. The minimum Gasteiger partial charge on any atom is -0.387 e. The molecule has 9 heavy (non-hydrogen) atoms. The predicted octanol–water partition coefficient (Wildman–Crippen LogP) is -0.373. The van der Waals surface area contributed by atoms with Gasteiger partial charge in [0.05, 0.1) is 0 Å². The summed E-state index contributed by atoms with van der Waals surface area (Å²) in [6.07, 6.45) is -4.33. The van der Waals surface area contributed by atoms with Gasteiger partial charge >= 0.3 is 0 Å². The van der Waals surface area contributed by atoms with E-state index in [0.29, 0.717) is 0 Å². The van der Waals surface area contributed by atoms with E-state index in [1.165, 1.54) is 0 Å². The van der Waals surface area contributed by atoms with Crippen molar-refractivity contribution in [1.82, 2.24) is 5.32 Å². The van der Waals surface area contributed by atoms with Gasteiger partial charge in [0.2, 0.25) is 0 Å². The van der Waals surface area contributed by atoms with Gasteiger partial charge in [-0.05, 0) is 0 Å². The number of halogens is 2. The van der Waals surface area contributed by atoms with Gasteiger partial charge in [0.15, 0.2) is 0 Å². The summed E-state index contributed by atoms with van der Waals surface area (Å²) in [5.41, 5.74) is 0. The summed E-state index contributed by atoms with van der Waals surface area (Å²) >= 11 is 0. The van der Waals surface area contributed by atoms with Crippen molar-refractivity contribution < 1.29 is 13.9 Å². The van der Waals surface area contributed by atoms with Crippen molar-refractivity contribution in [1.29, 1.82) is 0 Å². The Bertz CT molecular complexity index is 91.0. The number of rotatable bonds is 0. The smallest absolute Gasteiger partial charge is 0.141 e. The number of hydrogen-bond acceptors (Lipinski definition) is 2. The van der Waals surface area contributed by atoms with Crippen LogP contribution in [0.4, 0.5) is 8.78 Å². The molecule has 0 aromatic rings. The Morgan fingerprint density at radius 3 is 2.00 bits per heavy atom. The number of alkyl halides is 2. The van der Waals surface area contributed by atoms with Crippen LogP contribution in [0.1, 0.15) is 0 Å². The lowest BCUT2D eigenvalue weighted by Gasteiger charge is -2.25. The SMILES string of the molecule is OC1[C@H](F)CNC[C@@H]1F. The maximum absolute atomic E-state index is 12.3. The molecule has 0 amide bonds. The van der Waals surface area contributed by atoms with Crippen LogP contribution in [0.15, 0.2) is 0 Å². The molecule has 54 valence electrons. The Labute approximate surface area is 51.9 Å². The summed E-state index contributed by atoms with van der Waals surface area (Å²) in [4.78, 5) is 0. The van der Waals surface area contributed by atoms with Crippen molar-refractivity contribution in [2.45, 2.75) is 18.4 Å². The number of piperidine rings is 1. The quantitative estimate of drug-likeness (QED) is 0.477. The van der Waals surface area contributed by atoms with Crippen LogP contribution in [-0.2, 0) is 0 Å². The van der Waals surface area contributed by atoms with Crippen molar-refractivity contribution in [2.75, 3.05) is 13.1 Å². The Hall–Kier alpha value is -0.220. The molecule has 4 heteroatoms. The van der Waals surface area contributed by atoms with E-state index in [1.54, 1.807) is 0 Å². The average Bonchev–Trinajstić information content (AvgIpc) is 1.83. The average molecular weight is 137 g/mol. The topological polar surface area (TPSA) is 32.3 Å². The van der Waals surface area contributed by atoms with Gasteiger partial charge in [0.25, 0.3) is 0 Å². The molecule has 1 aliphatic heterocycles. The van der Waals surface area contributed by atoms with E-state index in [4.69, 9.17) is 5.11 Å². The van der Waals surface area contributed by atoms with Gasteiger partial charge in [-0.3, -0.25) is 0 Å². The van der Waals surface area contributed by atoms with Crippen molar-refractivity contribution in [3.8, 4) is 0 Å². The van der Waals surface area contributed by atoms with E-state index < -0.39 is 18.4 Å². The van der Waals surface area contributed by atoms with Crippen LogP contribution in [-0.4, -0.2) is 36.6 Å². The Morgan fingerprint density at radius 2 is 1.67 bits per heavy atom. The fourth-order valence-electron chi connectivity index (χ4n) is 0.827. The van der Waals surface area contributed by atoms with Crippen LogP contribution in [0.5, 0.6) is 0 Å². The van der Waals surface area contributed by atoms with Crippen LogP contribution in [0.2, 0.25) is 0 Å². The lowest BCUT2D eigenvalue weighted by atomic mass is 10.1. The highest BCUT2D eigenvalue weighted by Crippen LogP contribution is 2.10. The summed E-state index contributed by atoms with van der Waals surface area (Å²) < 4.78 is 24.6. The summed E-state index contributed by atoms with van der Waals surface area (Å²) in [6.45, 7) is 0.114. The van der Waals surface area contributed by atoms with Crippen LogP contribution in [0.25, 0.3) is 0 Å².